The molecule has 0 aliphatic heterocycles. The van der Waals surface area contributed by atoms with Crippen LogP contribution in [0.2, 0.25) is 0 Å². The standard InChI is InChI=1S/C12H18N4O/c1-6(2)11-13-12(17-16-11)7(3)10-8(4)14-15-9(10)5/h6-7H,1-5H3,(H,14,15). The van der Waals surface area contributed by atoms with Gasteiger partial charge in [0.15, 0.2) is 5.82 Å². The summed E-state index contributed by atoms with van der Waals surface area (Å²) in [5.41, 5.74) is 3.18. The van der Waals surface area contributed by atoms with E-state index in [0.29, 0.717) is 5.89 Å². The topological polar surface area (TPSA) is 67.6 Å². The number of hydrogen-bond donors (Lipinski definition) is 1. The molecule has 92 valence electrons. The number of nitrogens with one attached hydrogen (secondary N) is 1. The van der Waals surface area contributed by atoms with E-state index in [9.17, 15) is 0 Å². The van der Waals surface area contributed by atoms with Gasteiger partial charge in [-0.15, -0.1) is 0 Å². The number of nitrogens with zero attached hydrogens (tertiary/aromatic N) is 3. The molecule has 0 amide bonds. The fourth-order valence-corrected chi connectivity index (χ4v) is 1.98. The van der Waals surface area contributed by atoms with Crippen molar-refractivity contribution in [2.75, 3.05) is 0 Å². The normalized spacial score (nSPS) is 13.3. The van der Waals surface area contributed by atoms with Crippen molar-refractivity contribution in [2.24, 2.45) is 0 Å². The molecular weight excluding hydrogens is 216 g/mol. The van der Waals surface area contributed by atoms with Gasteiger partial charge < -0.3 is 4.52 Å². The maximum absolute atomic E-state index is 5.32. The molecule has 2 rings (SSSR count). The second-order valence-electron chi connectivity index (χ2n) is 4.71. The summed E-state index contributed by atoms with van der Waals surface area (Å²) in [5.74, 6) is 1.77. The molecule has 2 aromatic heterocycles. The molecule has 0 saturated carbocycles. The van der Waals surface area contributed by atoms with Crippen LogP contribution in [-0.4, -0.2) is 20.3 Å². The van der Waals surface area contributed by atoms with Gasteiger partial charge in [-0.25, -0.2) is 0 Å². The first-order valence-corrected chi connectivity index (χ1v) is 5.85. The summed E-state index contributed by atoms with van der Waals surface area (Å²) in [6, 6.07) is 0. The first-order valence-electron chi connectivity index (χ1n) is 5.85. The van der Waals surface area contributed by atoms with Gasteiger partial charge in [-0.1, -0.05) is 19.0 Å². The third kappa shape index (κ3) is 2.09. The fraction of sp³-hybridized carbons (Fsp3) is 0.583. The molecule has 2 aromatic rings. The summed E-state index contributed by atoms with van der Waals surface area (Å²) in [6.45, 7) is 10.1. The van der Waals surface area contributed by atoms with Crippen LogP contribution < -0.4 is 0 Å². The molecule has 5 nitrogen and oxygen atoms in total. The molecule has 1 N–H and O–H groups in total. The van der Waals surface area contributed by atoms with Crippen LogP contribution >= 0.6 is 0 Å². The van der Waals surface area contributed by atoms with Crippen molar-refractivity contribution >= 4 is 0 Å². The molecule has 1 atom stereocenters. The highest BCUT2D eigenvalue weighted by Crippen LogP contribution is 2.27. The van der Waals surface area contributed by atoms with Crippen LogP contribution in [0, 0.1) is 13.8 Å². The molecule has 1 unspecified atom stereocenters. The van der Waals surface area contributed by atoms with Crippen LogP contribution in [0.4, 0.5) is 0 Å². The third-order valence-corrected chi connectivity index (χ3v) is 2.96. The molecule has 0 radical (unpaired) electrons. The first kappa shape index (κ1) is 11.8. The van der Waals surface area contributed by atoms with Crippen molar-refractivity contribution in [3.8, 4) is 0 Å². The quantitative estimate of drug-likeness (QED) is 0.886. The van der Waals surface area contributed by atoms with E-state index in [1.807, 2.05) is 27.7 Å². The number of rotatable bonds is 3. The zero-order chi connectivity index (χ0) is 12.6. The van der Waals surface area contributed by atoms with E-state index >= 15 is 0 Å². The Bertz CT molecular complexity index is 493. The number of aryl methyl sites for hydroxylation is 2. The Hall–Kier alpha value is -1.65. The Balaban J connectivity index is 2.33. The molecule has 0 spiro atoms. The Morgan fingerprint density at radius 1 is 1.18 bits per heavy atom. The van der Waals surface area contributed by atoms with Gasteiger partial charge in [-0.3, -0.25) is 5.10 Å². The zero-order valence-electron chi connectivity index (χ0n) is 10.9. The molecule has 17 heavy (non-hydrogen) atoms. The van der Waals surface area contributed by atoms with Crippen molar-refractivity contribution in [1.29, 1.82) is 0 Å². The van der Waals surface area contributed by atoms with Gasteiger partial charge in [0.25, 0.3) is 0 Å². The molecular formula is C12H18N4O. The highest BCUT2D eigenvalue weighted by Gasteiger charge is 2.22. The SMILES string of the molecule is Cc1n[nH]c(C)c1C(C)c1nc(C(C)C)no1. The van der Waals surface area contributed by atoms with E-state index in [0.717, 1.165) is 22.8 Å². The van der Waals surface area contributed by atoms with Crippen molar-refractivity contribution < 1.29 is 4.52 Å². The van der Waals surface area contributed by atoms with Crippen molar-refractivity contribution in [1.82, 2.24) is 20.3 Å². The van der Waals surface area contributed by atoms with Gasteiger partial charge in [-0.2, -0.15) is 10.1 Å². The summed E-state index contributed by atoms with van der Waals surface area (Å²) in [5, 5.41) is 11.2. The largest absolute Gasteiger partial charge is 0.339 e. The minimum atomic E-state index is 0.0775. The van der Waals surface area contributed by atoms with Crippen molar-refractivity contribution in [2.45, 2.75) is 46.5 Å². The minimum Gasteiger partial charge on any atom is -0.339 e. The molecule has 0 aromatic carbocycles. The predicted octanol–water partition coefficient (Wildman–Crippen LogP) is 2.68. The lowest BCUT2D eigenvalue weighted by Gasteiger charge is -2.06. The van der Waals surface area contributed by atoms with Gasteiger partial charge in [0.1, 0.15) is 0 Å². The average Bonchev–Trinajstić information content (AvgIpc) is 2.85. The highest BCUT2D eigenvalue weighted by molar-refractivity contribution is 5.30. The Morgan fingerprint density at radius 2 is 1.88 bits per heavy atom. The predicted molar refractivity (Wildman–Crippen MR) is 64.0 cm³/mol. The summed E-state index contributed by atoms with van der Waals surface area (Å²) in [4.78, 5) is 4.43. The number of aromatic nitrogens is 4. The Morgan fingerprint density at radius 3 is 2.35 bits per heavy atom. The second kappa shape index (κ2) is 4.31. The van der Waals surface area contributed by atoms with Crippen molar-refractivity contribution in [3.05, 3.63) is 28.7 Å². The summed E-state index contributed by atoms with van der Waals surface area (Å²) < 4.78 is 5.32. The lowest BCUT2D eigenvalue weighted by atomic mass is 9.99. The Kier molecular flexibility index (Phi) is 3.00. The molecule has 0 aliphatic carbocycles. The van der Waals surface area contributed by atoms with Crippen LogP contribution in [0.25, 0.3) is 0 Å². The molecule has 5 heteroatoms. The van der Waals surface area contributed by atoms with E-state index in [4.69, 9.17) is 4.52 Å². The van der Waals surface area contributed by atoms with Crippen LogP contribution in [-0.2, 0) is 0 Å². The highest BCUT2D eigenvalue weighted by atomic mass is 16.5. The minimum absolute atomic E-state index is 0.0775. The van der Waals surface area contributed by atoms with Gasteiger partial charge in [0, 0.05) is 17.2 Å². The fourth-order valence-electron chi connectivity index (χ4n) is 1.98. The van der Waals surface area contributed by atoms with Gasteiger partial charge in [0.2, 0.25) is 5.89 Å². The summed E-state index contributed by atoms with van der Waals surface area (Å²) in [6.07, 6.45) is 0. The summed E-state index contributed by atoms with van der Waals surface area (Å²) in [7, 11) is 0. The molecule has 2 heterocycles. The number of hydrogen-bond acceptors (Lipinski definition) is 4. The maximum Gasteiger partial charge on any atom is 0.234 e. The Labute approximate surface area is 101 Å². The van der Waals surface area contributed by atoms with Gasteiger partial charge in [-0.05, 0) is 20.8 Å². The van der Waals surface area contributed by atoms with E-state index < -0.39 is 0 Å². The lowest BCUT2D eigenvalue weighted by molar-refractivity contribution is 0.363. The van der Waals surface area contributed by atoms with E-state index in [1.54, 1.807) is 0 Å². The van der Waals surface area contributed by atoms with E-state index in [-0.39, 0.29) is 11.8 Å². The van der Waals surface area contributed by atoms with Crippen LogP contribution in [0.5, 0.6) is 0 Å². The lowest BCUT2D eigenvalue weighted by Crippen LogP contribution is -2.00. The van der Waals surface area contributed by atoms with Crippen molar-refractivity contribution in [3.63, 3.8) is 0 Å². The first-order chi connectivity index (χ1) is 8.00. The summed E-state index contributed by atoms with van der Waals surface area (Å²) >= 11 is 0. The second-order valence-corrected chi connectivity index (χ2v) is 4.71. The zero-order valence-corrected chi connectivity index (χ0v) is 10.9. The van der Waals surface area contributed by atoms with Crippen LogP contribution in [0.15, 0.2) is 4.52 Å². The number of aromatic amines is 1. The molecule has 0 aliphatic rings. The molecule has 0 fully saturated rings. The molecule has 0 saturated heterocycles. The van der Waals surface area contributed by atoms with Gasteiger partial charge in [0.05, 0.1) is 11.6 Å². The van der Waals surface area contributed by atoms with E-state index in [2.05, 4.69) is 27.3 Å². The maximum atomic E-state index is 5.32. The van der Waals surface area contributed by atoms with Crippen LogP contribution in [0.1, 0.15) is 61.3 Å². The number of H-pyrrole nitrogens is 1. The smallest absolute Gasteiger partial charge is 0.234 e. The molecule has 0 bridgehead atoms. The van der Waals surface area contributed by atoms with Gasteiger partial charge >= 0.3 is 0 Å². The van der Waals surface area contributed by atoms with E-state index in [1.165, 1.54) is 0 Å². The van der Waals surface area contributed by atoms with Crippen LogP contribution in [0.3, 0.4) is 0 Å². The monoisotopic (exact) mass is 234 g/mol. The third-order valence-electron chi connectivity index (χ3n) is 2.96. The average molecular weight is 234 g/mol.